The van der Waals surface area contributed by atoms with E-state index in [1.54, 1.807) is 0 Å². The average molecular weight is 313 g/mol. The molecule has 0 unspecified atom stereocenters. The molecule has 0 N–H and O–H groups in total. The molecular weight excluding hydrogens is 291 g/mol. The van der Waals surface area contributed by atoms with Crippen molar-refractivity contribution in [3.05, 3.63) is 29.0 Å². The molecule has 2 rings (SSSR count). The van der Waals surface area contributed by atoms with Crippen LogP contribution in [-0.4, -0.2) is 15.4 Å². The van der Waals surface area contributed by atoms with E-state index < -0.39 is 0 Å². The summed E-state index contributed by atoms with van der Waals surface area (Å²) in [6, 6.07) is 5.92. The Balaban J connectivity index is 2.17. The zero-order valence-corrected chi connectivity index (χ0v) is 13.7. The number of hydrogen-bond donors (Lipinski definition) is 0. The van der Waals surface area contributed by atoms with Gasteiger partial charge in [-0.15, -0.1) is 11.6 Å². The van der Waals surface area contributed by atoms with E-state index in [9.17, 15) is 0 Å². The van der Waals surface area contributed by atoms with Gasteiger partial charge in [0.05, 0.1) is 11.0 Å². The molecule has 2 nitrogen and oxygen atoms in total. The van der Waals surface area contributed by atoms with Crippen molar-refractivity contribution in [3.8, 4) is 0 Å². The molecule has 0 aliphatic rings. The van der Waals surface area contributed by atoms with Crippen LogP contribution in [0.3, 0.4) is 0 Å². The van der Waals surface area contributed by atoms with Gasteiger partial charge in [-0.2, -0.15) is 0 Å². The summed E-state index contributed by atoms with van der Waals surface area (Å²) in [7, 11) is 0. The number of benzene rings is 1. The predicted octanol–water partition coefficient (Wildman–Crippen LogP) is 5.30. The van der Waals surface area contributed by atoms with E-state index in [4.69, 9.17) is 23.2 Å². The van der Waals surface area contributed by atoms with Gasteiger partial charge in [0.1, 0.15) is 5.82 Å². The maximum Gasteiger partial charge on any atom is 0.111 e. The fourth-order valence-electron chi connectivity index (χ4n) is 2.50. The van der Waals surface area contributed by atoms with Crippen LogP contribution in [0.25, 0.3) is 11.0 Å². The Morgan fingerprint density at radius 3 is 2.75 bits per heavy atom. The molecule has 0 amide bonds. The van der Waals surface area contributed by atoms with Crippen molar-refractivity contribution in [1.29, 1.82) is 0 Å². The van der Waals surface area contributed by atoms with Gasteiger partial charge in [-0.3, -0.25) is 0 Å². The van der Waals surface area contributed by atoms with Crippen LogP contribution in [0.15, 0.2) is 18.2 Å². The zero-order chi connectivity index (χ0) is 14.5. The average Bonchev–Trinajstić information content (AvgIpc) is 2.72. The third-order valence-corrected chi connectivity index (χ3v) is 3.94. The molecule has 0 spiro atoms. The summed E-state index contributed by atoms with van der Waals surface area (Å²) in [6.45, 7) is 5.55. The van der Waals surface area contributed by atoms with Gasteiger partial charge in [0.2, 0.25) is 0 Å². The number of aromatic nitrogens is 2. The first-order chi connectivity index (χ1) is 9.61. The van der Waals surface area contributed by atoms with Gasteiger partial charge in [0.15, 0.2) is 0 Å². The summed E-state index contributed by atoms with van der Waals surface area (Å²) in [5.74, 6) is 2.45. The van der Waals surface area contributed by atoms with Gasteiger partial charge in [-0.25, -0.2) is 4.98 Å². The second-order valence-corrected chi connectivity index (χ2v) is 6.46. The van der Waals surface area contributed by atoms with Gasteiger partial charge >= 0.3 is 0 Å². The summed E-state index contributed by atoms with van der Waals surface area (Å²) in [5, 5.41) is 0.736. The quantitative estimate of drug-likeness (QED) is 0.501. The lowest BCUT2D eigenvalue weighted by Crippen LogP contribution is -2.05. The first kappa shape index (κ1) is 15.7. The standard InChI is InChI=1S/C16H22Cl2N2/c1-12(2)5-3-4-10-20-15-7-6-13(18)11-14(15)19-16(20)8-9-17/h6-7,11-12H,3-5,8-10H2,1-2H3. The number of hydrogen-bond acceptors (Lipinski definition) is 1. The molecule has 20 heavy (non-hydrogen) atoms. The van der Waals surface area contributed by atoms with Gasteiger partial charge < -0.3 is 4.57 Å². The number of aryl methyl sites for hydroxylation is 2. The van der Waals surface area contributed by atoms with Crippen molar-refractivity contribution in [2.75, 3.05) is 5.88 Å². The van der Waals surface area contributed by atoms with Crippen molar-refractivity contribution in [3.63, 3.8) is 0 Å². The molecule has 110 valence electrons. The molecule has 0 bridgehead atoms. The Kier molecular flexibility index (Phi) is 5.74. The van der Waals surface area contributed by atoms with Crippen LogP contribution in [-0.2, 0) is 13.0 Å². The van der Waals surface area contributed by atoms with E-state index in [1.165, 1.54) is 24.8 Å². The number of alkyl halides is 1. The lowest BCUT2D eigenvalue weighted by atomic mass is 10.1. The van der Waals surface area contributed by atoms with E-state index in [1.807, 2.05) is 12.1 Å². The van der Waals surface area contributed by atoms with Crippen LogP contribution in [0.2, 0.25) is 5.02 Å². The SMILES string of the molecule is CC(C)CCCCn1c(CCCl)nc2cc(Cl)ccc21. The van der Waals surface area contributed by atoms with E-state index in [0.29, 0.717) is 5.88 Å². The maximum atomic E-state index is 6.04. The minimum atomic E-state index is 0.600. The molecule has 1 heterocycles. The molecule has 0 saturated heterocycles. The summed E-state index contributed by atoms with van der Waals surface area (Å²) < 4.78 is 2.30. The number of nitrogens with zero attached hydrogens (tertiary/aromatic N) is 2. The summed E-state index contributed by atoms with van der Waals surface area (Å²) >= 11 is 11.9. The molecule has 0 saturated carbocycles. The molecular formula is C16H22Cl2N2. The van der Waals surface area contributed by atoms with Gasteiger partial charge in [-0.1, -0.05) is 38.3 Å². The number of fused-ring (bicyclic) bond motifs is 1. The fourth-order valence-corrected chi connectivity index (χ4v) is 2.84. The Morgan fingerprint density at radius 2 is 2.05 bits per heavy atom. The fraction of sp³-hybridized carbons (Fsp3) is 0.562. The zero-order valence-electron chi connectivity index (χ0n) is 12.2. The van der Waals surface area contributed by atoms with Crippen molar-refractivity contribution in [1.82, 2.24) is 9.55 Å². The van der Waals surface area contributed by atoms with Crippen molar-refractivity contribution >= 4 is 34.2 Å². The molecule has 1 aromatic carbocycles. The topological polar surface area (TPSA) is 17.8 Å². The minimum absolute atomic E-state index is 0.600. The van der Waals surface area contributed by atoms with Gasteiger partial charge in [-0.05, 0) is 30.5 Å². The van der Waals surface area contributed by atoms with E-state index >= 15 is 0 Å². The van der Waals surface area contributed by atoms with Crippen LogP contribution >= 0.6 is 23.2 Å². The highest BCUT2D eigenvalue weighted by atomic mass is 35.5. The van der Waals surface area contributed by atoms with Crippen LogP contribution in [0.5, 0.6) is 0 Å². The molecule has 4 heteroatoms. The Bertz CT molecular complexity index is 561. The van der Waals surface area contributed by atoms with E-state index in [-0.39, 0.29) is 0 Å². The van der Waals surface area contributed by atoms with Crippen molar-refractivity contribution in [2.24, 2.45) is 5.92 Å². The lowest BCUT2D eigenvalue weighted by molar-refractivity contribution is 0.508. The summed E-state index contributed by atoms with van der Waals surface area (Å²) in [6.07, 6.45) is 4.52. The Morgan fingerprint density at radius 1 is 1.25 bits per heavy atom. The molecule has 1 aromatic heterocycles. The molecule has 0 atom stereocenters. The summed E-state index contributed by atoms with van der Waals surface area (Å²) in [5.41, 5.74) is 2.14. The van der Waals surface area contributed by atoms with E-state index in [0.717, 1.165) is 35.2 Å². The van der Waals surface area contributed by atoms with Gasteiger partial charge in [0, 0.05) is 23.9 Å². The van der Waals surface area contributed by atoms with Crippen LogP contribution in [0.1, 0.15) is 38.9 Å². The van der Waals surface area contributed by atoms with Crippen LogP contribution in [0.4, 0.5) is 0 Å². The molecule has 2 aromatic rings. The summed E-state index contributed by atoms with van der Waals surface area (Å²) in [4.78, 5) is 4.67. The van der Waals surface area contributed by atoms with Crippen molar-refractivity contribution in [2.45, 2.75) is 46.1 Å². The van der Waals surface area contributed by atoms with Gasteiger partial charge in [0.25, 0.3) is 0 Å². The van der Waals surface area contributed by atoms with Crippen LogP contribution < -0.4 is 0 Å². The van der Waals surface area contributed by atoms with Crippen LogP contribution in [0, 0.1) is 5.92 Å². The molecule has 0 aliphatic heterocycles. The highest BCUT2D eigenvalue weighted by molar-refractivity contribution is 6.31. The van der Waals surface area contributed by atoms with Crippen molar-refractivity contribution < 1.29 is 0 Å². The first-order valence-corrected chi connectivity index (χ1v) is 8.23. The smallest absolute Gasteiger partial charge is 0.111 e. The highest BCUT2D eigenvalue weighted by Gasteiger charge is 2.10. The highest BCUT2D eigenvalue weighted by Crippen LogP contribution is 2.22. The number of unbranched alkanes of at least 4 members (excludes halogenated alkanes) is 1. The molecule has 0 radical (unpaired) electrons. The maximum absolute atomic E-state index is 6.04. The third-order valence-electron chi connectivity index (χ3n) is 3.52. The normalized spacial score (nSPS) is 11.7. The lowest BCUT2D eigenvalue weighted by Gasteiger charge is -2.09. The number of imidazole rings is 1. The third kappa shape index (κ3) is 3.89. The largest absolute Gasteiger partial charge is 0.328 e. The monoisotopic (exact) mass is 312 g/mol. The van der Waals surface area contributed by atoms with E-state index in [2.05, 4.69) is 29.5 Å². The Labute approximate surface area is 131 Å². The minimum Gasteiger partial charge on any atom is -0.328 e. The number of halogens is 2. The molecule has 0 aliphatic carbocycles. The predicted molar refractivity (Wildman–Crippen MR) is 87.9 cm³/mol. The second kappa shape index (κ2) is 7.33. The first-order valence-electron chi connectivity index (χ1n) is 7.32. The molecule has 0 fully saturated rings. The Hall–Kier alpha value is -0.730. The second-order valence-electron chi connectivity index (χ2n) is 5.64. The number of rotatable bonds is 7.